The number of carbonyl (C=O) groups is 1. The van der Waals surface area contributed by atoms with E-state index >= 15 is 0 Å². The van der Waals surface area contributed by atoms with Gasteiger partial charge in [0, 0.05) is 38.6 Å². The van der Waals surface area contributed by atoms with Crippen molar-refractivity contribution in [3.05, 3.63) is 41.6 Å². The number of hydrogen-bond donors (Lipinski definition) is 4. The van der Waals surface area contributed by atoms with Crippen LogP contribution in [0.4, 0.5) is 0 Å². The van der Waals surface area contributed by atoms with Crippen LogP contribution in [-0.4, -0.2) is 43.5 Å². The number of rotatable bonds is 8. The molecule has 0 atom stereocenters. The highest BCUT2D eigenvalue weighted by Gasteiger charge is 2.09. The predicted octanol–water partition coefficient (Wildman–Crippen LogP) is 1.16. The molecule has 1 aliphatic rings. The van der Waals surface area contributed by atoms with Crippen molar-refractivity contribution in [2.24, 2.45) is 10.7 Å². The Morgan fingerprint density at radius 1 is 1.33 bits per heavy atom. The summed E-state index contributed by atoms with van der Waals surface area (Å²) in [6.45, 7) is 1.93. The second kappa shape index (κ2) is 10.3. The van der Waals surface area contributed by atoms with Gasteiger partial charge < -0.3 is 21.7 Å². The molecule has 0 aromatic heterocycles. The van der Waals surface area contributed by atoms with Crippen molar-refractivity contribution < 1.29 is 4.79 Å². The van der Waals surface area contributed by atoms with Gasteiger partial charge in [-0.3, -0.25) is 9.79 Å². The number of carbonyl (C=O) groups excluding carboxylic acids is 1. The van der Waals surface area contributed by atoms with Gasteiger partial charge in [0.05, 0.1) is 5.75 Å². The van der Waals surface area contributed by atoms with Crippen LogP contribution in [-0.2, 0) is 11.3 Å². The number of guanidine groups is 1. The molecule has 0 saturated heterocycles. The van der Waals surface area contributed by atoms with E-state index in [1.807, 2.05) is 18.3 Å². The minimum atomic E-state index is 0.0448. The largest absolute Gasteiger partial charge is 0.352 e. The molecule has 5 N–H and O–H groups in total. The Morgan fingerprint density at radius 3 is 2.75 bits per heavy atom. The summed E-state index contributed by atoms with van der Waals surface area (Å²) in [6.07, 6.45) is 1.96. The lowest BCUT2D eigenvalue weighted by atomic mass is 10.0. The average Bonchev–Trinajstić information content (AvgIpc) is 2.64. The average molecular weight is 366 g/mol. The van der Waals surface area contributed by atoms with Gasteiger partial charge in [-0.2, -0.15) is 0 Å². The highest BCUT2D eigenvalue weighted by atomic mass is 33.1. The summed E-state index contributed by atoms with van der Waals surface area (Å²) in [6, 6.07) is 8.21. The Hall–Kier alpha value is -1.64. The molecule has 0 aliphatic carbocycles. The normalized spacial score (nSPS) is 15.4. The van der Waals surface area contributed by atoms with Gasteiger partial charge in [0.15, 0.2) is 5.96 Å². The molecule has 1 aromatic rings. The van der Waals surface area contributed by atoms with E-state index in [1.165, 1.54) is 16.4 Å². The highest BCUT2D eigenvalue weighted by Crippen LogP contribution is 2.19. The zero-order chi connectivity index (χ0) is 17.2. The van der Waals surface area contributed by atoms with Crippen LogP contribution in [0, 0.1) is 0 Å². The van der Waals surface area contributed by atoms with Crippen molar-refractivity contribution in [2.75, 3.05) is 31.6 Å². The maximum Gasteiger partial charge on any atom is 0.231 e. The Morgan fingerprint density at radius 2 is 2.12 bits per heavy atom. The maximum atomic E-state index is 11.7. The fourth-order valence-electron chi connectivity index (χ4n) is 2.06. The van der Waals surface area contributed by atoms with Crippen LogP contribution < -0.4 is 21.7 Å². The van der Waals surface area contributed by atoms with E-state index in [4.69, 9.17) is 5.73 Å². The SMILES string of the molecule is CN=C1NC=C(c2ccc(CNC(=O)CSSCCN)cc2)CN1. The standard InChI is InChI=1S/C16H23N5OS2/c1-18-16-20-9-14(10-21-16)13-4-2-12(3-5-13)8-19-15(22)11-24-23-7-6-17/h2-5,9H,6-8,10-11,17H2,1H3,(H,19,22)(H2,18,20,21). The first-order valence-corrected chi connectivity index (χ1v) is 10.2. The van der Waals surface area contributed by atoms with Crippen molar-refractivity contribution in [1.29, 1.82) is 0 Å². The first-order valence-electron chi connectivity index (χ1n) is 7.69. The molecular formula is C16H23N5OS2. The lowest BCUT2D eigenvalue weighted by Gasteiger charge is -2.18. The lowest BCUT2D eigenvalue weighted by molar-refractivity contribution is -0.118. The van der Waals surface area contributed by atoms with Crippen molar-refractivity contribution >= 4 is 39.0 Å². The summed E-state index contributed by atoms with van der Waals surface area (Å²) in [4.78, 5) is 15.8. The van der Waals surface area contributed by atoms with E-state index < -0.39 is 0 Å². The van der Waals surface area contributed by atoms with Crippen LogP contribution >= 0.6 is 21.6 Å². The Kier molecular flexibility index (Phi) is 8.00. The van der Waals surface area contributed by atoms with Gasteiger partial charge in [0.2, 0.25) is 5.91 Å². The third-order valence-electron chi connectivity index (χ3n) is 3.34. The van der Waals surface area contributed by atoms with Crippen LogP contribution in [0.3, 0.4) is 0 Å². The van der Waals surface area contributed by atoms with Gasteiger partial charge in [0.1, 0.15) is 0 Å². The van der Waals surface area contributed by atoms with E-state index in [0.717, 1.165) is 29.4 Å². The maximum absolute atomic E-state index is 11.7. The van der Waals surface area contributed by atoms with Crippen LogP contribution in [0.5, 0.6) is 0 Å². The molecule has 8 heteroatoms. The second-order valence-corrected chi connectivity index (χ2v) is 7.67. The number of nitrogens with two attached hydrogens (primary N) is 1. The van der Waals surface area contributed by atoms with Crippen molar-refractivity contribution in [3.63, 3.8) is 0 Å². The molecule has 0 unspecified atom stereocenters. The van der Waals surface area contributed by atoms with Gasteiger partial charge >= 0.3 is 0 Å². The third-order valence-corrected chi connectivity index (χ3v) is 5.64. The molecule has 0 spiro atoms. The molecule has 0 saturated carbocycles. The Bertz CT molecular complexity index is 601. The summed E-state index contributed by atoms with van der Waals surface area (Å²) >= 11 is 0. The lowest BCUT2D eigenvalue weighted by Crippen LogP contribution is -2.39. The summed E-state index contributed by atoms with van der Waals surface area (Å²) in [5.41, 5.74) is 8.81. The number of amides is 1. The van der Waals surface area contributed by atoms with E-state index in [0.29, 0.717) is 18.8 Å². The molecule has 1 amide bonds. The molecule has 6 nitrogen and oxygen atoms in total. The molecule has 2 rings (SSSR count). The highest BCUT2D eigenvalue weighted by molar-refractivity contribution is 8.76. The molecule has 1 aliphatic heterocycles. The molecule has 1 aromatic carbocycles. The van der Waals surface area contributed by atoms with Gasteiger partial charge in [-0.1, -0.05) is 45.9 Å². The van der Waals surface area contributed by atoms with E-state index in [-0.39, 0.29) is 5.91 Å². The first-order chi connectivity index (χ1) is 11.7. The quantitative estimate of drug-likeness (QED) is 0.408. The van der Waals surface area contributed by atoms with Gasteiger partial charge in [-0.25, -0.2) is 0 Å². The minimum absolute atomic E-state index is 0.0448. The summed E-state index contributed by atoms with van der Waals surface area (Å²) in [5, 5.41) is 9.24. The predicted molar refractivity (Wildman–Crippen MR) is 105 cm³/mol. The molecule has 0 fully saturated rings. The van der Waals surface area contributed by atoms with Crippen molar-refractivity contribution in [2.45, 2.75) is 6.54 Å². The van der Waals surface area contributed by atoms with Gasteiger partial charge in [-0.05, 0) is 16.7 Å². The zero-order valence-electron chi connectivity index (χ0n) is 13.7. The van der Waals surface area contributed by atoms with E-state index in [1.54, 1.807) is 17.8 Å². The fraction of sp³-hybridized carbons (Fsp3) is 0.375. The first kappa shape index (κ1) is 18.7. The minimum Gasteiger partial charge on any atom is -0.352 e. The number of hydrogen-bond acceptors (Lipinski definition) is 5. The second-order valence-electron chi connectivity index (χ2n) is 5.09. The van der Waals surface area contributed by atoms with Gasteiger partial charge in [-0.15, -0.1) is 0 Å². The summed E-state index contributed by atoms with van der Waals surface area (Å²) in [7, 11) is 4.91. The van der Waals surface area contributed by atoms with Gasteiger partial charge in [0.25, 0.3) is 0 Å². The summed E-state index contributed by atoms with van der Waals surface area (Å²) < 4.78 is 0. The fourth-order valence-corrected chi connectivity index (χ4v) is 3.78. The Labute approximate surface area is 150 Å². The van der Waals surface area contributed by atoms with Crippen molar-refractivity contribution in [1.82, 2.24) is 16.0 Å². The number of aliphatic imine (C=N–C) groups is 1. The van der Waals surface area contributed by atoms with E-state index in [9.17, 15) is 4.79 Å². The smallest absolute Gasteiger partial charge is 0.231 e. The third kappa shape index (κ3) is 6.10. The molecular weight excluding hydrogens is 342 g/mol. The monoisotopic (exact) mass is 365 g/mol. The summed E-state index contributed by atoms with van der Waals surface area (Å²) in [5.74, 6) is 2.14. The van der Waals surface area contributed by atoms with Crippen LogP contribution in [0.25, 0.3) is 5.57 Å². The number of nitrogens with zero attached hydrogens (tertiary/aromatic N) is 1. The van der Waals surface area contributed by atoms with E-state index in [2.05, 4.69) is 33.1 Å². The molecule has 0 bridgehead atoms. The van der Waals surface area contributed by atoms with Crippen LogP contribution in [0.2, 0.25) is 0 Å². The number of benzene rings is 1. The topological polar surface area (TPSA) is 91.5 Å². The molecule has 1 heterocycles. The van der Waals surface area contributed by atoms with Crippen LogP contribution in [0.15, 0.2) is 35.5 Å². The zero-order valence-corrected chi connectivity index (χ0v) is 15.3. The molecule has 0 radical (unpaired) electrons. The Balaban J connectivity index is 1.78. The molecule has 24 heavy (non-hydrogen) atoms. The molecule has 130 valence electrons. The van der Waals surface area contributed by atoms with Crippen molar-refractivity contribution in [3.8, 4) is 0 Å². The number of nitrogens with one attached hydrogen (secondary N) is 3. The van der Waals surface area contributed by atoms with Crippen LogP contribution in [0.1, 0.15) is 11.1 Å².